The van der Waals surface area contributed by atoms with Crippen LogP contribution in [-0.4, -0.2) is 10.8 Å². The minimum atomic E-state index is -5.10. The van der Waals surface area contributed by atoms with Crippen molar-refractivity contribution in [2.24, 2.45) is 0 Å². The number of rotatable bonds is 4. The van der Waals surface area contributed by atoms with E-state index in [2.05, 4.69) is 4.52 Å². The molecule has 0 bridgehead atoms. The van der Waals surface area contributed by atoms with E-state index in [0.717, 1.165) is 12.1 Å². The first-order valence-electron chi connectivity index (χ1n) is 7.08. The van der Waals surface area contributed by atoms with Crippen LogP contribution in [0.2, 0.25) is 5.02 Å². The van der Waals surface area contributed by atoms with Crippen molar-refractivity contribution < 1.29 is 45.1 Å². The van der Waals surface area contributed by atoms with E-state index in [1.807, 2.05) is 5.32 Å². The minimum absolute atomic E-state index is 0.0323. The van der Waals surface area contributed by atoms with Crippen molar-refractivity contribution in [2.45, 2.75) is 12.4 Å². The van der Waals surface area contributed by atoms with Crippen molar-refractivity contribution in [2.75, 3.05) is 5.32 Å². The normalized spacial score (nSPS) is 13.1. The summed E-state index contributed by atoms with van der Waals surface area (Å²) in [6.07, 6.45) is -10.2. The van der Waals surface area contributed by atoms with Gasteiger partial charge in [0.25, 0.3) is 5.91 Å². The molecule has 1 unspecified atom stereocenters. The molecule has 2 aromatic rings. The second kappa shape index (κ2) is 8.02. The third-order valence-electron chi connectivity index (χ3n) is 3.23. The molecule has 13 heteroatoms. The van der Waals surface area contributed by atoms with Gasteiger partial charge in [-0.3, -0.25) is 4.79 Å². The second-order valence-corrected chi connectivity index (χ2v) is 6.43. The molecule has 0 aliphatic heterocycles. The van der Waals surface area contributed by atoms with E-state index in [0.29, 0.717) is 12.1 Å². The Hall–Kier alpha value is -2.23. The van der Waals surface area contributed by atoms with Gasteiger partial charge in [-0.25, -0.2) is 4.57 Å². The number of benzene rings is 2. The van der Waals surface area contributed by atoms with Gasteiger partial charge in [0.2, 0.25) is 0 Å². The van der Waals surface area contributed by atoms with Crippen LogP contribution in [0.3, 0.4) is 0 Å². The topological polar surface area (TPSA) is 75.6 Å². The lowest BCUT2D eigenvalue weighted by molar-refractivity contribution is -0.143. The lowest BCUT2D eigenvalue weighted by Gasteiger charge is -2.15. The molecule has 0 fully saturated rings. The molecule has 0 heterocycles. The summed E-state index contributed by atoms with van der Waals surface area (Å²) >= 11 is 5.71. The average Bonchev–Trinajstić information content (AvgIpc) is 2.54. The first-order chi connectivity index (χ1) is 12.8. The van der Waals surface area contributed by atoms with Crippen LogP contribution in [0.25, 0.3) is 0 Å². The van der Waals surface area contributed by atoms with Gasteiger partial charge >= 0.3 is 20.6 Å². The van der Waals surface area contributed by atoms with E-state index in [-0.39, 0.29) is 11.1 Å². The van der Waals surface area contributed by atoms with Gasteiger partial charge in [0, 0.05) is 10.7 Å². The highest BCUT2D eigenvalue weighted by atomic mass is 35.5. The average molecular weight is 448 g/mol. The first kappa shape index (κ1) is 22.1. The zero-order chi connectivity index (χ0) is 21.3. The predicted molar refractivity (Wildman–Crippen MR) is 87.7 cm³/mol. The number of alkyl halides is 6. The molecule has 1 amide bonds. The summed E-state index contributed by atoms with van der Waals surface area (Å²) in [5.41, 5.74) is -4.51. The first-order valence-corrected chi connectivity index (χ1v) is 8.72. The standard InChI is InChI=1S/C15H9ClF6NO4P/c16-9-1-2-12(27-28(25)26)11(6-9)13(24)23-10-4-7(14(17,18)19)3-8(5-10)15(20,21)22/h1-6,28H,(H,23,24)(H,25,26). The Morgan fingerprint density at radius 2 is 1.54 bits per heavy atom. The van der Waals surface area contributed by atoms with Crippen LogP contribution in [0.1, 0.15) is 21.5 Å². The molecule has 0 aliphatic carbocycles. The Morgan fingerprint density at radius 3 is 2.00 bits per heavy atom. The highest BCUT2D eigenvalue weighted by Gasteiger charge is 2.37. The smallest absolute Gasteiger partial charge is 0.416 e. The molecule has 2 N–H and O–H groups in total. The molecule has 2 aromatic carbocycles. The fraction of sp³-hybridized carbons (Fsp3) is 0.133. The highest BCUT2D eigenvalue weighted by molar-refractivity contribution is 7.32. The van der Waals surface area contributed by atoms with E-state index in [1.54, 1.807) is 0 Å². The lowest BCUT2D eigenvalue weighted by Crippen LogP contribution is -2.16. The summed E-state index contributed by atoms with van der Waals surface area (Å²) in [7, 11) is -3.55. The molecule has 0 saturated heterocycles. The molecular formula is C15H9ClF6NO4P. The maximum atomic E-state index is 12.9. The lowest BCUT2D eigenvalue weighted by atomic mass is 10.1. The molecular weight excluding hydrogens is 439 g/mol. The van der Waals surface area contributed by atoms with Crippen molar-refractivity contribution in [3.05, 3.63) is 58.1 Å². The van der Waals surface area contributed by atoms with Crippen LogP contribution < -0.4 is 9.84 Å². The van der Waals surface area contributed by atoms with Crippen molar-refractivity contribution in [3.8, 4) is 5.75 Å². The van der Waals surface area contributed by atoms with E-state index < -0.39 is 54.6 Å². The third kappa shape index (κ3) is 5.63. The van der Waals surface area contributed by atoms with Gasteiger partial charge in [-0.2, -0.15) is 26.3 Å². The van der Waals surface area contributed by atoms with Crippen LogP contribution in [0.5, 0.6) is 5.75 Å². The summed E-state index contributed by atoms with van der Waals surface area (Å²) in [5.74, 6) is -1.63. The summed E-state index contributed by atoms with van der Waals surface area (Å²) in [6.45, 7) is 0. The van der Waals surface area contributed by atoms with Gasteiger partial charge < -0.3 is 14.7 Å². The SMILES string of the molecule is O=C(Nc1cc(C(F)(F)F)cc(C(F)(F)F)c1)c1cc(Cl)ccc1O[PH](=O)O. The summed E-state index contributed by atoms with van der Waals surface area (Å²) in [4.78, 5) is 21.1. The van der Waals surface area contributed by atoms with Gasteiger partial charge in [0.1, 0.15) is 5.75 Å². The van der Waals surface area contributed by atoms with Gasteiger partial charge in [0.15, 0.2) is 0 Å². The number of carbonyl (C=O) groups excluding carboxylic acids is 1. The van der Waals surface area contributed by atoms with Crippen molar-refractivity contribution >= 4 is 31.5 Å². The zero-order valence-corrected chi connectivity index (χ0v) is 15.0. The predicted octanol–water partition coefficient (Wildman–Crippen LogP) is 5.39. The number of hydrogen-bond donors (Lipinski definition) is 2. The van der Waals surface area contributed by atoms with Crippen LogP contribution in [0.4, 0.5) is 32.0 Å². The van der Waals surface area contributed by atoms with Crippen LogP contribution in [-0.2, 0) is 16.9 Å². The van der Waals surface area contributed by atoms with Crippen molar-refractivity contribution in [1.82, 2.24) is 0 Å². The van der Waals surface area contributed by atoms with Gasteiger partial charge in [0.05, 0.1) is 16.7 Å². The zero-order valence-electron chi connectivity index (χ0n) is 13.3. The summed E-state index contributed by atoms with van der Waals surface area (Å²) in [5, 5.41) is 1.84. The molecule has 0 spiro atoms. The van der Waals surface area contributed by atoms with E-state index in [1.165, 1.54) is 6.07 Å². The monoisotopic (exact) mass is 447 g/mol. The van der Waals surface area contributed by atoms with E-state index in [9.17, 15) is 35.7 Å². The molecule has 0 aliphatic rings. The van der Waals surface area contributed by atoms with Crippen molar-refractivity contribution in [3.63, 3.8) is 0 Å². The molecule has 0 saturated carbocycles. The summed E-state index contributed by atoms with van der Waals surface area (Å²) < 4.78 is 92.7. The fourth-order valence-corrected chi connectivity index (χ4v) is 2.63. The molecule has 1 atom stereocenters. The van der Waals surface area contributed by atoms with Gasteiger partial charge in [-0.05, 0) is 36.4 Å². The number of carbonyl (C=O) groups is 1. The van der Waals surface area contributed by atoms with Crippen molar-refractivity contribution in [1.29, 1.82) is 0 Å². The minimum Gasteiger partial charge on any atom is -0.425 e. The Bertz CT molecular complexity index is 899. The number of nitrogens with one attached hydrogen (secondary N) is 1. The Balaban J connectivity index is 2.47. The quantitative estimate of drug-likeness (QED) is 0.487. The van der Waals surface area contributed by atoms with E-state index >= 15 is 0 Å². The third-order valence-corrected chi connectivity index (χ3v) is 3.86. The van der Waals surface area contributed by atoms with Crippen LogP contribution in [0.15, 0.2) is 36.4 Å². The molecule has 28 heavy (non-hydrogen) atoms. The molecule has 0 aromatic heterocycles. The van der Waals surface area contributed by atoms with Gasteiger partial charge in [-0.15, -0.1) is 0 Å². The largest absolute Gasteiger partial charge is 0.425 e. The Labute approximate surface area is 158 Å². The number of anilines is 1. The second-order valence-electron chi connectivity index (χ2n) is 5.26. The Kier molecular flexibility index (Phi) is 6.32. The number of hydrogen-bond acceptors (Lipinski definition) is 3. The van der Waals surface area contributed by atoms with Gasteiger partial charge in [-0.1, -0.05) is 11.6 Å². The molecule has 2 rings (SSSR count). The molecule has 5 nitrogen and oxygen atoms in total. The molecule has 152 valence electrons. The number of amides is 1. The fourth-order valence-electron chi connectivity index (χ4n) is 2.09. The van der Waals surface area contributed by atoms with E-state index in [4.69, 9.17) is 16.5 Å². The summed E-state index contributed by atoms with van der Waals surface area (Å²) in [6, 6.07) is 3.74. The Morgan fingerprint density at radius 1 is 1.00 bits per heavy atom. The molecule has 0 radical (unpaired) electrons. The maximum absolute atomic E-state index is 12.9. The van der Waals surface area contributed by atoms with Crippen LogP contribution in [0, 0.1) is 0 Å². The maximum Gasteiger partial charge on any atom is 0.416 e. The van der Waals surface area contributed by atoms with Crippen LogP contribution >= 0.6 is 19.9 Å². The highest BCUT2D eigenvalue weighted by Crippen LogP contribution is 2.38. The number of halogens is 7.